The second kappa shape index (κ2) is 8.87. The number of nitrogens with zero attached hydrogens (tertiary/aromatic N) is 3. The Morgan fingerprint density at radius 1 is 1.24 bits per heavy atom. The van der Waals surface area contributed by atoms with Crippen LogP contribution in [0.1, 0.15) is 43.7 Å². The largest absolute Gasteiger partial charge is 0.368 e. The zero-order chi connectivity index (χ0) is 20.2. The van der Waals surface area contributed by atoms with E-state index in [1.54, 1.807) is 0 Å². The monoisotopic (exact) mass is 409 g/mol. The molecule has 1 aromatic carbocycles. The van der Waals surface area contributed by atoms with Gasteiger partial charge in [0.25, 0.3) is 0 Å². The molecule has 0 spiro atoms. The minimum absolute atomic E-state index is 0.506. The van der Waals surface area contributed by atoms with Crippen LogP contribution in [0.4, 0.5) is 5.82 Å². The summed E-state index contributed by atoms with van der Waals surface area (Å²) in [6.07, 6.45) is 3.97. The summed E-state index contributed by atoms with van der Waals surface area (Å²) in [5.74, 6) is 2.64. The van der Waals surface area contributed by atoms with Crippen molar-refractivity contribution in [3.8, 4) is 0 Å². The third kappa shape index (κ3) is 4.40. The molecule has 0 saturated carbocycles. The summed E-state index contributed by atoms with van der Waals surface area (Å²) in [6.45, 7) is 7.65. The van der Waals surface area contributed by atoms with Crippen molar-refractivity contribution in [2.75, 3.05) is 24.7 Å². The number of anilines is 1. The molecule has 4 rings (SSSR count). The van der Waals surface area contributed by atoms with E-state index in [2.05, 4.69) is 40.4 Å². The second-order valence-corrected chi connectivity index (χ2v) is 8.11. The van der Waals surface area contributed by atoms with Crippen molar-refractivity contribution in [2.24, 2.45) is 4.99 Å². The summed E-state index contributed by atoms with van der Waals surface area (Å²) < 4.78 is 0. The van der Waals surface area contributed by atoms with Crippen LogP contribution in [0.2, 0.25) is 5.02 Å². The molecule has 0 bridgehead atoms. The summed E-state index contributed by atoms with van der Waals surface area (Å²) >= 11 is 5.99. The summed E-state index contributed by atoms with van der Waals surface area (Å²) in [6, 6.07) is 12.2. The second-order valence-electron chi connectivity index (χ2n) is 7.68. The Balaban J connectivity index is 1.49. The van der Waals surface area contributed by atoms with Gasteiger partial charge in [0.1, 0.15) is 18.3 Å². The predicted octanol–water partition coefficient (Wildman–Crippen LogP) is 4.46. The molecule has 2 N–H and O–H groups in total. The molecule has 0 aliphatic carbocycles. The summed E-state index contributed by atoms with van der Waals surface area (Å²) in [5.41, 5.74) is 5.08. The number of benzene rings is 1. The third-order valence-corrected chi connectivity index (χ3v) is 6.05. The molecule has 1 aromatic heterocycles. The first-order valence-electron chi connectivity index (χ1n) is 10.3. The minimum atomic E-state index is 0.506. The van der Waals surface area contributed by atoms with E-state index in [4.69, 9.17) is 16.6 Å². The molecule has 2 aliphatic heterocycles. The van der Waals surface area contributed by atoms with Gasteiger partial charge in [0.2, 0.25) is 0 Å². The van der Waals surface area contributed by atoms with Crippen LogP contribution in [-0.2, 0) is 6.54 Å². The van der Waals surface area contributed by atoms with Crippen molar-refractivity contribution >= 4 is 23.3 Å². The molecule has 3 heterocycles. The molecule has 29 heavy (non-hydrogen) atoms. The average molecular weight is 410 g/mol. The third-order valence-electron chi connectivity index (χ3n) is 5.79. The molecular weight excluding hydrogens is 382 g/mol. The van der Waals surface area contributed by atoms with E-state index in [0.29, 0.717) is 12.6 Å². The molecule has 0 radical (unpaired) electrons. The van der Waals surface area contributed by atoms with Crippen molar-refractivity contribution < 1.29 is 0 Å². The Kier molecular flexibility index (Phi) is 6.05. The van der Waals surface area contributed by atoms with E-state index < -0.39 is 0 Å². The minimum Gasteiger partial charge on any atom is -0.368 e. The first-order valence-corrected chi connectivity index (χ1v) is 10.7. The van der Waals surface area contributed by atoms with E-state index in [1.165, 1.54) is 22.4 Å². The number of rotatable bonds is 5. The van der Waals surface area contributed by atoms with Crippen molar-refractivity contribution in [2.45, 2.75) is 39.2 Å². The number of pyridine rings is 1. The van der Waals surface area contributed by atoms with E-state index in [9.17, 15) is 0 Å². The molecule has 1 unspecified atom stereocenters. The molecule has 1 atom stereocenters. The highest BCUT2D eigenvalue weighted by Crippen LogP contribution is 2.31. The molecule has 152 valence electrons. The van der Waals surface area contributed by atoms with E-state index in [0.717, 1.165) is 49.2 Å². The van der Waals surface area contributed by atoms with E-state index in [1.807, 2.05) is 36.5 Å². The van der Waals surface area contributed by atoms with Gasteiger partial charge in [0, 0.05) is 35.6 Å². The maximum Gasteiger partial charge on any atom is 0.132 e. The van der Waals surface area contributed by atoms with Gasteiger partial charge in [-0.25, -0.2) is 9.98 Å². The fourth-order valence-corrected chi connectivity index (χ4v) is 4.03. The van der Waals surface area contributed by atoms with Crippen LogP contribution in [0.3, 0.4) is 0 Å². The van der Waals surface area contributed by atoms with Gasteiger partial charge in [-0.3, -0.25) is 0 Å². The summed E-state index contributed by atoms with van der Waals surface area (Å²) in [4.78, 5) is 11.8. The molecule has 0 saturated heterocycles. The van der Waals surface area contributed by atoms with E-state index >= 15 is 0 Å². The highest BCUT2D eigenvalue weighted by atomic mass is 35.5. The lowest BCUT2D eigenvalue weighted by molar-refractivity contribution is 0.657. The van der Waals surface area contributed by atoms with Gasteiger partial charge in [0.05, 0.1) is 6.54 Å². The molecular formula is C23H28ClN5. The lowest BCUT2D eigenvalue weighted by Crippen LogP contribution is -2.43. The first kappa shape index (κ1) is 19.8. The van der Waals surface area contributed by atoms with Crippen LogP contribution in [0.5, 0.6) is 0 Å². The van der Waals surface area contributed by atoms with Crippen molar-refractivity contribution in [3.63, 3.8) is 0 Å². The maximum atomic E-state index is 5.99. The van der Waals surface area contributed by atoms with Crippen LogP contribution in [0.25, 0.3) is 0 Å². The number of aromatic nitrogens is 1. The Hall–Kier alpha value is -2.53. The maximum absolute atomic E-state index is 5.99. The van der Waals surface area contributed by atoms with Crippen LogP contribution in [0.15, 0.2) is 58.9 Å². The van der Waals surface area contributed by atoms with Crippen LogP contribution in [0, 0.1) is 0 Å². The lowest BCUT2D eigenvalue weighted by atomic mass is 9.97. The lowest BCUT2D eigenvalue weighted by Gasteiger charge is -2.35. The number of hydrogen-bond acceptors (Lipinski definition) is 5. The van der Waals surface area contributed by atoms with E-state index in [-0.39, 0.29) is 0 Å². The van der Waals surface area contributed by atoms with Gasteiger partial charge in [0.15, 0.2) is 0 Å². The Bertz CT molecular complexity index is 919. The molecule has 0 amide bonds. The quantitative estimate of drug-likeness (QED) is 0.765. The van der Waals surface area contributed by atoms with Crippen LogP contribution >= 0.6 is 11.6 Å². The molecule has 5 nitrogen and oxygen atoms in total. The highest BCUT2D eigenvalue weighted by molar-refractivity contribution is 6.30. The van der Waals surface area contributed by atoms with Gasteiger partial charge in [-0.1, -0.05) is 43.6 Å². The number of nitrogens with one attached hydrogen (secondary N) is 2. The number of aliphatic imine (C=N–C) groups is 1. The topological polar surface area (TPSA) is 52.6 Å². The van der Waals surface area contributed by atoms with Crippen molar-refractivity contribution in [3.05, 3.63) is 70.0 Å². The Morgan fingerprint density at radius 2 is 2.07 bits per heavy atom. The van der Waals surface area contributed by atoms with Crippen molar-refractivity contribution in [1.82, 2.24) is 15.6 Å². The normalized spacial score (nSPS) is 17.3. The molecule has 6 heteroatoms. The highest BCUT2D eigenvalue weighted by Gasteiger charge is 2.26. The zero-order valence-electron chi connectivity index (χ0n) is 17.1. The van der Waals surface area contributed by atoms with Gasteiger partial charge in [-0.2, -0.15) is 0 Å². The fourth-order valence-electron chi connectivity index (χ4n) is 3.91. The molecule has 0 fully saturated rings. The average Bonchev–Trinajstić information content (AvgIpc) is 2.77. The standard InChI is InChI=1S/C23H28ClN5/c1-3-16(2)19-5-4-11-25-23(19)29-12-10-20-21(14-29)27-15-28-22(20)26-13-17-6-8-18(24)9-7-17/h4-9,11,16,27H,3,10,12-15H2,1-2H3,(H,26,28). The first-order chi connectivity index (χ1) is 14.2. The SMILES string of the molecule is CCC(C)c1cccnc1N1CCC2=C(C1)NCN=C2NCc1ccc(Cl)cc1. The Morgan fingerprint density at radius 3 is 2.86 bits per heavy atom. The predicted molar refractivity (Wildman–Crippen MR) is 121 cm³/mol. The summed E-state index contributed by atoms with van der Waals surface area (Å²) in [5, 5.41) is 7.77. The van der Waals surface area contributed by atoms with Gasteiger partial charge >= 0.3 is 0 Å². The van der Waals surface area contributed by atoms with Crippen LogP contribution in [-0.4, -0.2) is 30.6 Å². The fraction of sp³-hybridized carbons (Fsp3) is 0.391. The summed E-state index contributed by atoms with van der Waals surface area (Å²) in [7, 11) is 0. The number of halogens is 1. The number of amidine groups is 1. The molecule has 2 aromatic rings. The smallest absolute Gasteiger partial charge is 0.132 e. The van der Waals surface area contributed by atoms with Crippen molar-refractivity contribution in [1.29, 1.82) is 0 Å². The Labute approximate surface area is 177 Å². The van der Waals surface area contributed by atoms with Gasteiger partial charge in [-0.05, 0) is 48.1 Å². The van der Waals surface area contributed by atoms with Gasteiger partial charge in [-0.15, -0.1) is 0 Å². The zero-order valence-corrected chi connectivity index (χ0v) is 17.8. The molecule has 2 aliphatic rings. The number of hydrogen-bond donors (Lipinski definition) is 2. The van der Waals surface area contributed by atoms with Crippen LogP contribution < -0.4 is 15.5 Å². The van der Waals surface area contributed by atoms with Gasteiger partial charge < -0.3 is 15.5 Å².